The van der Waals surface area contributed by atoms with Crippen molar-refractivity contribution in [2.45, 2.75) is 32.4 Å². The molecule has 1 aromatic carbocycles. The van der Waals surface area contributed by atoms with Crippen LogP contribution in [0.4, 0.5) is 10.1 Å². The number of primary amides is 1. The van der Waals surface area contributed by atoms with Gasteiger partial charge in [0.05, 0.1) is 0 Å². The Hall–Kier alpha value is -1.95. The monoisotopic (exact) mass is 333 g/mol. The number of likely N-dealkylation sites (tertiary alicyclic amines) is 1. The zero-order valence-electron chi connectivity index (χ0n) is 14.2. The highest BCUT2D eigenvalue weighted by molar-refractivity contribution is 6.02. The van der Waals surface area contributed by atoms with E-state index < -0.39 is 17.5 Å². The van der Waals surface area contributed by atoms with Crippen LogP contribution in [0.3, 0.4) is 0 Å². The molecular weight excluding hydrogens is 309 g/mol. The van der Waals surface area contributed by atoms with Crippen molar-refractivity contribution in [1.29, 1.82) is 0 Å². The smallest absolute Gasteiger partial charge is 0.266 e. The molecule has 24 heavy (non-hydrogen) atoms. The maximum Gasteiger partial charge on any atom is 0.266 e. The van der Waals surface area contributed by atoms with Crippen LogP contribution in [-0.4, -0.2) is 48.6 Å². The number of nitrogens with zero attached hydrogens (tertiary/aromatic N) is 2. The second-order valence-electron chi connectivity index (χ2n) is 7.26. The first kappa shape index (κ1) is 16.9. The maximum atomic E-state index is 15.3. The molecule has 0 radical (unpaired) electrons. The molecule has 0 spiro atoms. The second-order valence-corrected chi connectivity index (χ2v) is 7.26. The third kappa shape index (κ3) is 3.02. The largest absolute Gasteiger partial charge is 0.366 e. The van der Waals surface area contributed by atoms with Gasteiger partial charge >= 0.3 is 0 Å². The van der Waals surface area contributed by atoms with E-state index in [2.05, 4.69) is 13.8 Å². The first-order valence-corrected chi connectivity index (χ1v) is 8.46. The summed E-state index contributed by atoms with van der Waals surface area (Å²) in [5, 5.41) is 0. The number of anilines is 1. The quantitative estimate of drug-likeness (QED) is 0.913. The van der Waals surface area contributed by atoms with Crippen LogP contribution in [0.15, 0.2) is 18.2 Å². The highest BCUT2D eigenvalue weighted by Gasteiger charge is 2.48. The Bertz CT molecular complexity index is 676. The van der Waals surface area contributed by atoms with Gasteiger partial charge in [-0.3, -0.25) is 14.5 Å². The summed E-state index contributed by atoms with van der Waals surface area (Å²) in [7, 11) is 0. The van der Waals surface area contributed by atoms with Crippen LogP contribution in [0.2, 0.25) is 0 Å². The number of alkyl halides is 1. The summed E-state index contributed by atoms with van der Waals surface area (Å²) >= 11 is 0. The van der Waals surface area contributed by atoms with Crippen molar-refractivity contribution in [2.24, 2.45) is 11.7 Å². The molecule has 130 valence electrons. The summed E-state index contributed by atoms with van der Waals surface area (Å²) in [6.45, 7) is 6.21. The van der Waals surface area contributed by atoms with Crippen LogP contribution in [0.1, 0.15) is 36.2 Å². The van der Waals surface area contributed by atoms with Crippen molar-refractivity contribution in [3.63, 3.8) is 0 Å². The van der Waals surface area contributed by atoms with E-state index in [1.54, 1.807) is 18.2 Å². The minimum absolute atomic E-state index is 0.162. The Balaban J connectivity index is 1.77. The molecular formula is C18H24FN3O2. The van der Waals surface area contributed by atoms with Gasteiger partial charge in [-0.1, -0.05) is 13.8 Å². The van der Waals surface area contributed by atoms with E-state index in [4.69, 9.17) is 5.73 Å². The number of rotatable bonds is 4. The van der Waals surface area contributed by atoms with Gasteiger partial charge in [0.2, 0.25) is 11.6 Å². The van der Waals surface area contributed by atoms with Gasteiger partial charge in [-0.05, 0) is 36.1 Å². The summed E-state index contributed by atoms with van der Waals surface area (Å²) in [4.78, 5) is 27.6. The van der Waals surface area contributed by atoms with E-state index in [1.807, 2.05) is 4.90 Å². The van der Waals surface area contributed by atoms with Gasteiger partial charge in [0.25, 0.3) is 5.91 Å². The third-order valence-electron chi connectivity index (χ3n) is 4.81. The first-order valence-electron chi connectivity index (χ1n) is 8.46. The second kappa shape index (κ2) is 6.16. The van der Waals surface area contributed by atoms with Crippen molar-refractivity contribution in [2.75, 3.05) is 31.1 Å². The SMILES string of the molecule is CC(C)CN1CCC(F)(C(=O)N2CCc3cc(C(N)=O)ccc32)C1. The summed E-state index contributed by atoms with van der Waals surface area (Å²) in [5.41, 5.74) is 5.46. The molecule has 0 saturated carbocycles. The van der Waals surface area contributed by atoms with Gasteiger partial charge in [0, 0.05) is 43.9 Å². The highest BCUT2D eigenvalue weighted by atomic mass is 19.1. The van der Waals surface area contributed by atoms with Crippen LogP contribution < -0.4 is 10.6 Å². The van der Waals surface area contributed by atoms with Crippen LogP contribution >= 0.6 is 0 Å². The Morgan fingerprint density at radius 1 is 1.33 bits per heavy atom. The number of hydrogen-bond donors (Lipinski definition) is 1. The molecule has 2 amide bonds. The molecule has 0 aliphatic carbocycles. The molecule has 1 saturated heterocycles. The standard InChI is InChI=1S/C18H24FN3O2/c1-12(2)10-21-8-6-18(19,11-21)17(24)22-7-5-13-9-14(16(20)23)3-4-15(13)22/h3-4,9,12H,5-8,10-11H2,1-2H3,(H2,20,23). The zero-order valence-corrected chi connectivity index (χ0v) is 14.2. The third-order valence-corrected chi connectivity index (χ3v) is 4.81. The summed E-state index contributed by atoms with van der Waals surface area (Å²) in [6, 6.07) is 5.00. The lowest BCUT2D eigenvalue weighted by atomic mass is 10.0. The van der Waals surface area contributed by atoms with E-state index in [-0.39, 0.29) is 13.0 Å². The van der Waals surface area contributed by atoms with Crippen molar-refractivity contribution >= 4 is 17.5 Å². The fraction of sp³-hybridized carbons (Fsp3) is 0.556. The minimum atomic E-state index is -1.82. The Kier molecular flexibility index (Phi) is 4.34. The van der Waals surface area contributed by atoms with Crippen LogP contribution in [0.25, 0.3) is 0 Å². The van der Waals surface area contributed by atoms with Crippen molar-refractivity contribution < 1.29 is 14.0 Å². The Morgan fingerprint density at radius 3 is 2.75 bits per heavy atom. The Labute approximate surface area is 141 Å². The number of halogens is 1. The van der Waals surface area contributed by atoms with E-state index >= 15 is 4.39 Å². The van der Waals surface area contributed by atoms with Crippen LogP contribution in [0, 0.1) is 5.92 Å². The molecule has 1 unspecified atom stereocenters. The van der Waals surface area contributed by atoms with Crippen molar-refractivity contribution in [3.05, 3.63) is 29.3 Å². The number of carbonyl (C=O) groups excluding carboxylic acids is 2. The predicted molar refractivity (Wildman–Crippen MR) is 90.8 cm³/mol. The molecule has 2 aliphatic rings. The average Bonchev–Trinajstić information content (AvgIpc) is 3.09. The number of nitrogens with two attached hydrogens (primary N) is 1. The van der Waals surface area contributed by atoms with Crippen LogP contribution in [0.5, 0.6) is 0 Å². The summed E-state index contributed by atoms with van der Waals surface area (Å²) in [5.74, 6) is -0.508. The molecule has 1 fully saturated rings. The van der Waals surface area contributed by atoms with Crippen molar-refractivity contribution in [1.82, 2.24) is 4.90 Å². The molecule has 1 atom stereocenters. The molecule has 0 aromatic heterocycles. The van der Waals surface area contributed by atoms with E-state index in [9.17, 15) is 9.59 Å². The fourth-order valence-electron chi connectivity index (χ4n) is 3.70. The normalized spacial score (nSPS) is 23.8. The average molecular weight is 333 g/mol. The Morgan fingerprint density at radius 2 is 2.08 bits per heavy atom. The van der Waals surface area contributed by atoms with E-state index in [0.29, 0.717) is 36.7 Å². The number of carbonyl (C=O) groups is 2. The maximum absolute atomic E-state index is 15.3. The van der Waals surface area contributed by atoms with Crippen molar-refractivity contribution in [3.8, 4) is 0 Å². The lowest BCUT2D eigenvalue weighted by Crippen LogP contribution is -2.47. The minimum Gasteiger partial charge on any atom is -0.366 e. The highest BCUT2D eigenvalue weighted by Crippen LogP contribution is 2.35. The van der Waals surface area contributed by atoms with Gasteiger partial charge in [-0.15, -0.1) is 0 Å². The van der Waals surface area contributed by atoms with E-state index in [0.717, 1.165) is 12.1 Å². The molecule has 3 rings (SSSR count). The van der Waals surface area contributed by atoms with E-state index in [1.165, 1.54) is 4.90 Å². The van der Waals surface area contributed by atoms with Gasteiger partial charge < -0.3 is 10.6 Å². The van der Waals surface area contributed by atoms with Gasteiger partial charge in [0.15, 0.2) is 0 Å². The molecule has 2 N–H and O–H groups in total. The number of fused-ring (bicyclic) bond motifs is 1. The molecule has 0 bridgehead atoms. The summed E-state index contributed by atoms with van der Waals surface area (Å²) in [6.07, 6.45) is 0.859. The molecule has 5 nitrogen and oxygen atoms in total. The lowest BCUT2D eigenvalue weighted by molar-refractivity contribution is -0.129. The molecule has 2 aliphatic heterocycles. The topological polar surface area (TPSA) is 66.6 Å². The number of benzene rings is 1. The molecule has 2 heterocycles. The van der Waals surface area contributed by atoms with Gasteiger partial charge in [-0.2, -0.15) is 0 Å². The predicted octanol–water partition coefficient (Wildman–Crippen LogP) is 1.74. The zero-order chi connectivity index (χ0) is 17.5. The van der Waals surface area contributed by atoms with Crippen LogP contribution in [-0.2, 0) is 11.2 Å². The first-order chi connectivity index (χ1) is 11.3. The fourth-order valence-corrected chi connectivity index (χ4v) is 3.70. The summed E-state index contributed by atoms with van der Waals surface area (Å²) < 4.78 is 15.3. The molecule has 1 aromatic rings. The lowest BCUT2D eigenvalue weighted by Gasteiger charge is -2.27. The number of hydrogen-bond acceptors (Lipinski definition) is 3. The number of amides is 2. The molecule has 6 heteroatoms. The van der Waals surface area contributed by atoms with Gasteiger partial charge in [-0.25, -0.2) is 4.39 Å². The van der Waals surface area contributed by atoms with Gasteiger partial charge in [0.1, 0.15) is 0 Å².